The summed E-state index contributed by atoms with van der Waals surface area (Å²) in [6.45, 7) is 8.60. The predicted octanol–water partition coefficient (Wildman–Crippen LogP) is 3.96. The minimum absolute atomic E-state index is 0.171. The number of hydrogen-bond acceptors (Lipinski definition) is 2. The van der Waals surface area contributed by atoms with E-state index in [4.69, 9.17) is 12.2 Å². The Morgan fingerprint density at radius 1 is 1.08 bits per heavy atom. The summed E-state index contributed by atoms with van der Waals surface area (Å²) in [5.74, 6) is -0.171. The summed E-state index contributed by atoms with van der Waals surface area (Å²) in [7, 11) is 0. The molecule has 0 spiro atoms. The Labute approximate surface area is 154 Å². The van der Waals surface area contributed by atoms with Gasteiger partial charge in [0, 0.05) is 38.4 Å². The first kappa shape index (κ1) is 17.8. The molecular weight excluding hydrogens is 333 g/mol. The number of benzene rings is 2. The third kappa shape index (κ3) is 4.55. The molecule has 1 heterocycles. The number of aryl methyl sites for hydroxylation is 1. The molecule has 132 valence electrons. The first-order valence-electron chi connectivity index (χ1n) is 8.62. The summed E-state index contributed by atoms with van der Waals surface area (Å²) in [5.41, 5.74) is 4.58. The van der Waals surface area contributed by atoms with Crippen LogP contribution < -0.4 is 5.32 Å². The number of halogens is 1. The van der Waals surface area contributed by atoms with Crippen LogP contribution >= 0.6 is 12.2 Å². The zero-order valence-electron chi connectivity index (χ0n) is 14.8. The molecule has 0 bridgehead atoms. The molecule has 0 atom stereocenters. The fraction of sp³-hybridized carbons (Fsp3) is 0.350. The van der Waals surface area contributed by atoms with E-state index >= 15 is 0 Å². The van der Waals surface area contributed by atoms with E-state index in [1.54, 1.807) is 12.1 Å². The lowest BCUT2D eigenvalue weighted by molar-refractivity contribution is 0.177. The molecule has 1 aliphatic rings. The molecule has 25 heavy (non-hydrogen) atoms. The monoisotopic (exact) mass is 357 g/mol. The smallest absolute Gasteiger partial charge is 0.173 e. The molecule has 1 N–H and O–H groups in total. The van der Waals surface area contributed by atoms with Crippen LogP contribution in [-0.2, 0) is 6.54 Å². The molecule has 0 unspecified atom stereocenters. The molecule has 0 aromatic heterocycles. The second-order valence-electron chi connectivity index (χ2n) is 6.57. The minimum atomic E-state index is -0.171. The number of nitrogens with zero attached hydrogens (tertiary/aromatic N) is 2. The molecule has 5 heteroatoms. The Bertz CT molecular complexity index is 754. The summed E-state index contributed by atoms with van der Waals surface area (Å²) in [5, 5.41) is 4.16. The number of nitrogens with one attached hydrogen (secondary N) is 1. The Morgan fingerprint density at radius 3 is 2.52 bits per heavy atom. The van der Waals surface area contributed by atoms with Crippen molar-refractivity contribution in [1.29, 1.82) is 0 Å². The van der Waals surface area contributed by atoms with E-state index in [-0.39, 0.29) is 5.82 Å². The van der Waals surface area contributed by atoms with Gasteiger partial charge in [-0.15, -0.1) is 0 Å². The van der Waals surface area contributed by atoms with Gasteiger partial charge >= 0.3 is 0 Å². The van der Waals surface area contributed by atoms with Gasteiger partial charge in [0.25, 0.3) is 0 Å². The van der Waals surface area contributed by atoms with Crippen LogP contribution in [0, 0.1) is 19.7 Å². The first-order valence-corrected chi connectivity index (χ1v) is 9.03. The van der Waals surface area contributed by atoms with Crippen molar-refractivity contribution in [3.63, 3.8) is 0 Å². The van der Waals surface area contributed by atoms with Gasteiger partial charge in [-0.05, 0) is 61.0 Å². The van der Waals surface area contributed by atoms with Crippen molar-refractivity contribution in [2.24, 2.45) is 0 Å². The van der Waals surface area contributed by atoms with Crippen molar-refractivity contribution in [3.8, 4) is 0 Å². The van der Waals surface area contributed by atoms with E-state index in [2.05, 4.69) is 41.1 Å². The highest BCUT2D eigenvalue weighted by Gasteiger charge is 2.19. The lowest BCUT2D eigenvalue weighted by Crippen LogP contribution is -2.49. The Kier molecular flexibility index (Phi) is 5.66. The Hall–Kier alpha value is -1.98. The van der Waals surface area contributed by atoms with Crippen LogP contribution in [0.25, 0.3) is 0 Å². The summed E-state index contributed by atoms with van der Waals surface area (Å²) in [6.07, 6.45) is 0. The van der Waals surface area contributed by atoms with Crippen molar-refractivity contribution in [2.45, 2.75) is 20.4 Å². The average molecular weight is 357 g/mol. The highest BCUT2D eigenvalue weighted by atomic mass is 32.1. The van der Waals surface area contributed by atoms with E-state index in [0.29, 0.717) is 0 Å². The van der Waals surface area contributed by atoms with Crippen LogP contribution in [-0.4, -0.2) is 41.1 Å². The zero-order chi connectivity index (χ0) is 17.8. The number of thiocarbonyl (C=S) groups is 1. The minimum Gasteiger partial charge on any atom is -0.346 e. The number of hydrogen-bond donors (Lipinski definition) is 1. The molecule has 3 nitrogen and oxygen atoms in total. The quantitative estimate of drug-likeness (QED) is 0.838. The number of piperazine rings is 1. The highest BCUT2D eigenvalue weighted by Crippen LogP contribution is 2.19. The van der Waals surface area contributed by atoms with Crippen LogP contribution in [0.1, 0.15) is 16.7 Å². The van der Waals surface area contributed by atoms with Crippen molar-refractivity contribution in [3.05, 3.63) is 65.0 Å². The van der Waals surface area contributed by atoms with Gasteiger partial charge < -0.3 is 10.2 Å². The van der Waals surface area contributed by atoms with Crippen molar-refractivity contribution in [2.75, 3.05) is 31.5 Å². The van der Waals surface area contributed by atoms with Crippen molar-refractivity contribution >= 4 is 23.0 Å². The topological polar surface area (TPSA) is 18.5 Å². The summed E-state index contributed by atoms with van der Waals surface area (Å²) >= 11 is 5.59. The van der Waals surface area contributed by atoms with E-state index in [9.17, 15) is 4.39 Å². The van der Waals surface area contributed by atoms with E-state index in [0.717, 1.165) is 49.1 Å². The maximum absolute atomic E-state index is 13.3. The molecule has 0 amide bonds. The SMILES string of the molecule is Cc1cccc(NC(=S)N2CCN(Cc3cccc(F)c3)CC2)c1C. The highest BCUT2D eigenvalue weighted by molar-refractivity contribution is 7.80. The third-order valence-electron chi connectivity index (χ3n) is 4.80. The second-order valence-corrected chi connectivity index (χ2v) is 6.96. The van der Waals surface area contributed by atoms with E-state index in [1.165, 1.54) is 17.2 Å². The van der Waals surface area contributed by atoms with Crippen LogP contribution in [0.4, 0.5) is 10.1 Å². The average Bonchev–Trinajstić information content (AvgIpc) is 2.59. The second kappa shape index (κ2) is 7.93. The van der Waals surface area contributed by atoms with Gasteiger partial charge in [0.2, 0.25) is 0 Å². The standard InChI is InChI=1S/C20H24FN3S/c1-15-5-3-8-19(16(15)2)22-20(25)24-11-9-23(10-12-24)14-17-6-4-7-18(21)13-17/h3-8,13H,9-12,14H2,1-2H3,(H,22,25). The Balaban J connectivity index is 1.53. The van der Waals surface area contributed by atoms with Gasteiger partial charge in [0.05, 0.1) is 0 Å². The summed E-state index contributed by atoms with van der Waals surface area (Å²) in [6, 6.07) is 13.1. The van der Waals surface area contributed by atoms with Gasteiger partial charge in [0.1, 0.15) is 5.82 Å². The molecule has 0 radical (unpaired) electrons. The zero-order valence-corrected chi connectivity index (χ0v) is 15.6. The maximum Gasteiger partial charge on any atom is 0.173 e. The molecule has 3 rings (SSSR count). The lowest BCUT2D eigenvalue weighted by atomic mass is 10.1. The van der Waals surface area contributed by atoms with Gasteiger partial charge in [-0.2, -0.15) is 0 Å². The van der Waals surface area contributed by atoms with Gasteiger partial charge in [-0.25, -0.2) is 4.39 Å². The third-order valence-corrected chi connectivity index (χ3v) is 5.16. The number of rotatable bonds is 3. The van der Waals surface area contributed by atoms with E-state index in [1.807, 2.05) is 12.1 Å². The maximum atomic E-state index is 13.3. The number of anilines is 1. The molecule has 1 saturated heterocycles. The van der Waals surface area contributed by atoms with Crippen LogP contribution in [0.3, 0.4) is 0 Å². The van der Waals surface area contributed by atoms with Crippen LogP contribution in [0.2, 0.25) is 0 Å². The molecule has 1 aliphatic heterocycles. The van der Waals surface area contributed by atoms with Gasteiger partial charge in [-0.1, -0.05) is 24.3 Å². The molecule has 0 saturated carbocycles. The molecule has 2 aromatic rings. The largest absolute Gasteiger partial charge is 0.346 e. The van der Waals surface area contributed by atoms with Crippen molar-refractivity contribution in [1.82, 2.24) is 9.80 Å². The predicted molar refractivity (Wildman–Crippen MR) is 105 cm³/mol. The van der Waals surface area contributed by atoms with E-state index < -0.39 is 0 Å². The normalized spacial score (nSPS) is 15.2. The Morgan fingerprint density at radius 2 is 1.80 bits per heavy atom. The lowest BCUT2D eigenvalue weighted by Gasteiger charge is -2.36. The van der Waals surface area contributed by atoms with Crippen LogP contribution in [0.5, 0.6) is 0 Å². The summed E-state index contributed by atoms with van der Waals surface area (Å²) in [4.78, 5) is 4.55. The fourth-order valence-corrected chi connectivity index (χ4v) is 3.38. The van der Waals surface area contributed by atoms with Gasteiger partial charge in [0.15, 0.2) is 5.11 Å². The van der Waals surface area contributed by atoms with Crippen molar-refractivity contribution < 1.29 is 4.39 Å². The molecule has 1 fully saturated rings. The first-order chi connectivity index (χ1) is 12.0. The molecule has 0 aliphatic carbocycles. The fourth-order valence-electron chi connectivity index (χ4n) is 3.08. The van der Waals surface area contributed by atoms with Crippen LogP contribution in [0.15, 0.2) is 42.5 Å². The van der Waals surface area contributed by atoms with Gasteiger partial charge in [-0.3, -0.25) is 4.90 Å². The summed E-state index contributed by atoms with van der Waals surface area (Å²) < 4.78 is 13.3. The molecular formula is C20H24FN3S. The molecule has 2 aromatic carbocycles.